The van der Waals surface area contributed by atoms with Gasteiger partial charge in [0.25, 0.3) is 0 Å². The van der Waals surface area contributed by atoms with Gasteiger partial charge in [-0.1, -0.05) is 38.8 Å². The van der Waals surface area contributed by atoms with E-state index in [0.29, 0.717) is 12.3 Å². The van der Waals surface area contributed by atoms with Crippen LogP contribution in [-0.2, 0) is 6.42 Å². The van der Waals surface area contributed by atoms with Crippen LogP contribution >= 0.6 is 0 Å². The standard InChI is InChI=1S/C14H20F2O/c1-3-10(4-2)8-12(17)9-11-6-5-7-13(15)14(11)16/h5-7,10,12,17H,3-4,8-9H2,1-2H3. The average Bonchev–Trinajstić information content (AvgIpc) is 2.32. The predicted octanol–water partition coefficient (Wildman–Crippen LogP) is 3.69. The molecule has 0 saturated heterocycles. The second-order valence-electron chi connectivity index (χ2n) is 4.49. The summed E-state index contributed by atoms with van der Waals surface area (Å²) in [7, 11) is 0. The van der Waals surface area contributed by atoms with Gasteiger partial charge in [-0.3, -0.25) is 0 Å². The van der Waals surface area contributed by atoms with Crippen molar-refractivity contribution in [3.8, 4) is 0 Å². The molecule has 0 aliphatic rings. The van der Waals surface area contributed by atoms with Gasteiger partial charge in [0.1, 0.15) is 0 Å². The van der Waals surface area contributed by atoms with Gasteiger partial charge < -0.3 is 5.11 Å². The van der Waals surface area contributed by atoms with Crippen LogP contribution in [-0.4, -0.2) is 11.2 Å². The van der Waals surface area contributed by atoms with Crippen LogP contribution in [0.2, 0.25) is 0 Å². The molecule has 1 unspecified atom stereocenters. The van der Waals surface area contributed by atoms with Gasteiger partial charge in [-0.15, -0.1) is 0 Å². The molecule has 0 spiro atoms. The summed E-state index contributed by atoms with van der Waals surface area (Å²) in [5.41, 5.74) is 0.253. The summed E-state index contributed by atoms with van der Waals surface area (Å²) in [5, 5.41) is 9.86. The molecule has 3 heteroatoms. The van der Waals surface area contributed by atoms with Crippen molar-refractivity contribution in [2.45, 2.75) is 45.6 Å². The van der Waals surface area contributed by atoms with Crippen LogP contribution in [0.1, 0.15) is 38.7 Å². The summed E-state index contributed by atoms with van der Waals surface area (Å²) in [5.74, 6) is -1.24. The minimum Gasteiger partial charge on any atom is -0.393 e. The Bertz CT molecular complexity index is 348. The van der Waals surface area contributed by atoms with Crippen LogP contribution in [0.4, 0.5) is 8.78 Å². The van der Waals surface area contributed by atoms with Crippen molar-refractivity contribution in [1.82, 2.24) is 0 Å². The molecule has 0 aromatic heterocycles. The lowest BCUT2D eigenvalue weighted by molar-refractivity contribution is 0.138. The summed E-state index contributed by atoms with van der Waals surface area (Å²) in [6, 6.07) is 4.08. The smallest absolute Gasteiger partial charge is 0.162 e. The van der Waals surface area contributed by atoms with Crippen molar-refractivity contribution in [3.05, 3.63) is 35.4 Å². The van der Waals surface area contributed by atoms with Crippen LogP contribution in [0.25, 0.3) is 0 Å². The largest absolute Gasteiger partial charge is 0.393 e. The molecule has 1 aromatic rings. The molecular formula is C14H20F2O. The van der Waals surface area contributed by atoms with Crippen molar-refractivity contribution in [3.63, 3.8) is 0 Å². The van der Waals surface area contributed by atoms with Crippen molar-refractivity contribution in [2.24, 2.45) is 5.92 Å². The van der Waals surface area contributed by atoms with Gasteiger partial charge in [-0.2, -0.15) is 0 Å². The Kier molecular flexibility index (Phi) is 5.56. The van der Waals surface area contributed by atoms with E-state index >= 15 is 0 Å². The van der Waals surface area contributed by atoms with E-state index < -0.39 is 17.7 Å². The quantitative estimate of drug-likeness (QED) is 0.806. The van der Waals surface area contributed by atoms with E-state index in [1.54, 1.807) is 0 Å². The lowest BCUT2D eigenvalue weighted by Crippen LogP contribution is -2.16. The van der Waals surface area contributed by atoms with E-state index in [9.17, 15) is 13.9 Å². The molecule has 1 atom stereocenters. The van der Waals surface area contributed by atoms with Crippen LogP contribution in [0.15, 0.2) is 18.2 Å². The predicted molar refractivity (Wildman–Crippen MR) is 64.8 cm³/mol. The van der Waals surface area contributed by atoms with Crippen LogP contribution in [0.5, 0.6) is 0 Å². The van der Waals surface area contributed by atoms with Gasteiger partial charge in [-0.25, -0.2) is 8.78 Å². The van der Waals surface area contributed by atoms with E-state index in [4.69, 9.17) is 0 Å². The molecule has 0 aliphatic heterocycles. The zero-order chi connectivity index (χ0) is 12.8. The fourth-order valence-electron chi connectivity index (χ4n) is 2.05. The zero-order valence-electron chi connectivity index (χ0n) is 10.4. The summed E-state index contributed by atoms with van der Waals surface area (Å²) in [6.07, 6.45) is 2.22. The van der Waals surface area contributed by atoms with Gasteiger partial charge in [0.2, 0.25) is 0 Å². The Hall–Kier alpha value is -0.960. The maximum atomic E-state index is 13.4. The second-order valence-corrected chi connectivity index (χ2v) is 4.49. The Morgan fingerprint density at radius 2 is 1.82 bits per heavy atom. The molecule has 0 fully saturated rings. The highest BCUT2D eigenvalue weighted by molar-refractivity contribution is 5.19. The fourth-order valence-corrected chi connectivity index (χ4v) is 2.05. The molecule has 1 N–H and O–H groups in total. The van der Waals surface area contributed by atoms with Crippen LogP contribution < -0.4 is 0 Å². The molecule has 0 aliphatic carbocycles. The molecule has 1 nitrogen and oxygen atoms in total. The molecule has 0 amide bonds. The number of benzene rings is 1. The van der Waals surface area contributed by atoms with Gasteiger partial charge >= 0.3 is 0 Å². The number of aliphatic hydroxyl groups is 1. The molecular weight excluding hydrogens is 222 g/mol. The molecule has 0 heterocycles. The Labute approximate surface area is 101 Å². The van der Waals surface area contributed by atoms with Crippen molar-refractivity contribution < 1.29 is 13.9 Å². The van der Waals surface area contributed by atoms with E-state index in [0.717, 1.165) is 18.9 Å². The lowest BCUT2D eigenvalue weighted by Gasteiger charge is -2.17. The van der Waals surface area contributed by atoms with Gasteiger partial charge in [0.05, 0.1) is 6.10 Å². The average molecular weight is 242 g/mol. The number of rotatable bonds is 6. The first-order valence-electron chi connectivity index (χ1n) is 6.19. The molecule has 96 valence electrons. The highest BCUT2D eigenvalue weighted by Crippen LogP contribution is 2.19. The third-order valence-electron chi connectivity index (χ3n) is 3.25. The number of hydrogen-bond donors (Lipinski definition) is 1. The van der Waals surface area contributed by atoms with Crippen LogP contribution in [0, 0.1) is 17.6 Å². The van der Waals surface area contributed by atoms with E-state index in [1.165, 1.54) is 12.1 Å². The first-order valence-corrected chi connectivity index (χ1v) is 6.19. The first kappa shape index (κ1) is 14.1. The number of aliphatic hydroxyl groups excluding tert-OH is 1. The lowest BCUT2D eigenvalue weighted by atomic mass is 9.93. The molecule has 1 aromatic carbocycles. The van der Waals surface area contributed by atoms with Gasteiger partial charge in [0.15, 0.2) is 11.6 Å². The Balaban J connectivity index is 2.61. The summed E-state index contributed by atoms with van der Waals surface area (Å²) < 4.78 is 26.3. The molecule has 1 rings (SSSR count). The third kappa shape index (κ3) is 4.08. The number of hydrogen-bond acceptors (Lipinski definition) is 1. The SMILES string of the molecule is CCC(CC)CC(O)Cc1cccc(F)c1F. The minimum absolute atomic E-state index is 0.181. The highest BCUT2D eigenvalue weighted by Gasteiger charge is 2.15. The molecule has 0 saturated carbocycles. The maximum absolute atomic E-state index is 13.4. The summed E-state index contributed by atoms with van der Waals surface area (Å²) in [4.78, 5) is 0. The number of halogens is 2. The first-order chi connectivity index (χ1) is 8.08. The van der Waals surface area contributed by atoms with Crippen molar-refractivity contribution >= 4 is 0 Å². The van der Waals surface area contributed by atoms with E-state index in [2.05, 4.69) is 13.8 Å². The summed E-state index contributed by atoms with van der Waals surface area (Å²) >= 11 is 0. The van der Waals surface area contributed by atoms with Crippen LogP contribution in [0.3, 0.4) is 0 Å². The second kappa shape index (κ2) is 6.70. The maximum Gasteiger partial charge on any atom is 0.162 e. The van der Waals surface area contributed by atoms with Crippen molar-refractivity contribution in [2.75, 3.05) is 0 Å². The summed E-state index contributed by atoms with van der Waals surface area (Å²) in [6.45, 7) is 4.15. The van der Waals surface area contributed by atoms with E-state index in [1.807, 2.05) is 0 Å². The Morgan fingerprint density at radius 1 is 1.18 bits per heavy atom. The zero-order valence-corrected chi connectivity index (χ0v) is 10.4. The van der Waals surface area contributed by atoms with Gasteiger partial charge in [-0.05, 0) is 24.0 Å². The highest BCUT2D eigenvalue weighted by atomic mass is 19.2. The fraction of sp³-hybridized carbons (Fsp3) is 0.571. The minimum atomic E-state index is -0.850. The normalized spacial score (nSPS) is 13.1. The molecule has 17 heavy (non-hydrogen) atoms. The Morgan fingerprint density at radius 3 is 2.41 bits per heavy atom. The van der Waals surface area contributed by atoms with Crippen molar-refractivity contribution in [1.29, 1.82) is 0 Å². The van der Waals surface area contributed by atoms with Gasteiger partial charge in [0, 0.05) is 6.42 Å². The molecule has 0 bridgehead atoms. The monoisotopic (exact) mass is 242 g/mol. The third-order valence-corrected chi connectivity index (χ3v) is 3.25. The topological polar surface area (TPSA) is 20.2 Å². The molecule has 0 radical (unpaired) electrons. The van der Waals surface area contributed by atoms with E-state index in [-0.39, 0.29) is 12.0 Å².